The summed E-state index contributed by atoms with van der Waals surface area (Å²) in [6.45, 7) is -2.60. The van der Waals surface area contributed by atoms with E-state index in [4.69, 9.17) is 0 Å². The van der Waals surface area contributed by atoms with Crippen molar-refractivity contribution in [1.82, 2.24) is 14.5 Å². The number of nitrogens with zero attached hydrogens (tertiary/aromatic N) is 3. The lowest BCUT2D eigenvalue weighted by molar-refractivity contribution is -0.121. The van der Waals surface area contributed by atoms with Gasteiger partial charge in [-0.3, -0.25) is 9.59 Å². The van der Waals surface area contributed by atoms with Gasteiger partial charge in [0.25, 0.3) is 5.91 Å². The molecule has 1 N–H and O–H groups in total. The number of anilines is 1. The normalized spacial score (nSPS) is 21.8. The van der Waals surface area contributed by atoms with Crippen molar-refractivity contribution in [3.63, 3.8) is 0 Å². The number of nitrogens with one attached hydrogen (secondary N) is 1. The van der Waals surface area contributed by atoms with Crippen LogP contribution in [0.5, 0.6) is 5.75 Å². The van der Waals surface area contributed by atoms with E-state index >= 15 is 0 Å². The minimum absolute atomic E-state index is 0.0285. The number of para-hydroxylation sites is 1. The number of ether oxygens (including phenoxy) is 1. The second-order valence-electron chi connectivity index (χ2n) is 7.92. The van der Waals surface area contributed by atoms with Crippen LogP contribution >= 0.6 is 0 Å². The van der Waals surface area contributed by atoms with Gasteiger partial charge in [-0.15, -0.1) is 0 Å². The lowest BCUT2D eigenvalue weighted by atomic mass is 9.74. The summed E-state index contributed by atoms with van der Waals surface area (Å²) >= 11 is 0. The van der Waals surface area contributed by atoms with E-state index in [0.29, 0.717) is 24.4 Å². The average Bonchev–Trinajstić information content (AvgIpc) is 3.44. The lowest BCUT2D eigenvalue weighted by Crippen LogP contribution is -2.43. The number of hydrogen-bond donors (Lipinski definition) is 1. The van der Waals surface area contributed by atoms with Crippen molar-refractivity contribution >= 4 is 17.5 Å². The molecule has 2 aliphatic rings. The molecule has 2 aliphatic heterocycles. The highest BCUT2D eigenvalue weighted by atomic mass is 19.3. The number of amides is 2. The molecule has 9 heteroatoms. The topological polar surface area (TPSA) is 76.5 Å². The van der Waals surface area contributed by atoms with Crippen LogP contribution in [-0.4, -0.2) is 39.4 Å². The Hall–Kier alpha value is -3.75. The molecule has 1 aromatic heterocycles. The third-order valence-corrected chi connectivity index (χ3v) is 6.28. The van der Waals surface area contributed by atoms with Gasteiger partial charge >= 0.3 is 6.61 Å². The predicted molar refractivity (Wildman–Crippen MR) is 111 cm³/mol. The molecule has 7 nitrogen and oxygen atoms in total. The van der Waals surface area contributed by atoms with Crippen molar-refractivity contribution < 1.29 is 23.1 Å². The number of carbonyl (C=O) groups is 2. The molecule has 2 amide bonds. The highest BCUT2D eigenvalue weighted by Gasteiger charge is 2.60. The number of likely N-dealkylation sites (tertiary alicyclic amines) is 1. The van der Waals surface area contributed by atoms with E-state index in [1.807, 2.05) is 35.9 Å². The molecule has 164 valence electrons. The number of imidazole rings is 1. The van der Waals surface area contributed by atoms with Crippen molar-refractivity contribution in [3.8, 4) is 5.75 Å². The number of carbonyl (C=O) groups excluding carboxylic acids is 2. The average molecular weight is 438 g/mol. The summed E-state index contributed by atoms with van der Waals surface area (Å²) in [5.41, 5.74) is 0.924. The smallest absolute Gasteiger partial charge is 0.387 e. The maximum Gasteiger partial charge on any atom is 0.387 e. The Morgan fingerprint density at radius 3 is 2.66 bits per heavy atom. The summed E-state index contributed by atoms with van der Waals surface area (Å²) in [6, 6.07) is 12.4. The van der Waals surface area contributed by atoms with Crippen LogP contribution < -0.4 is 10.1 Å². The van der Waals surface area contributed by atoms with Gasteiger partial charge in [-0.25, -0.2) is 4.98 Å². The van der Waals surface area contributed by atoms with Gasteiger partial charge in [-0.05, 0) is 42.3 Å². The first kappa shape index (κ1) is 20.2. The number of benzene rings is 2. The van der Waals surface area contributed by atoms with E-state index in [1.54, 1.807) is 17.3 Å². The molecule has 0 unspecified atom stereocenters. The second-order valence-corrected chi connectivity index (χ2v) is 7.92. The first-order valence-corrected chi connectivity index (χ1v) is 10.2. The monoisotopic (exact) mass is 438 g/mol. The standard InChI is InChI=1S/C23H20F2N4O3/c1-28-13-11-26-19(28)18-23(16-4-2-3-5-17(16)27-21(23)31)10-12-29(18)20(30)14-6-8-15(9-7-14)32-22(24)25/h2-9,11,13,18,22H,10,12H2,1H3,(H,27,31)/t18-,23+/m0/s1. The van der Waals surface area contributed by atoms with Crippen LogP contribution in [-0.2, 0) is 17.3 Å². The third-order valence-electron chi connectivity index (χ3n) is 6.28. The van der Waals surface area contributed by atoms with Gasteiger partial charge in [0.05, 0.1) is 0 Å². The van der Waals surface area contributed by atoms with Crippen molar-refractivity contribution in [2.45, 2.75) is 24.5 Å². The molecule has 3 heterocycles. The van der Waals surface area contributed by atoms with Crippen molar-refractivity contribution in [2.75, 3.05) is 11.9 Å². The fourth-order valence-corrected chi connectivity index (χ4v) is 4.85. The van der Waals surface area contributed by atoms with Crippen molar-refractivity contribution in [1.29, 1.82) is 0 Å². The van der Waals surface area contributed by atoms with E-state index < -0.39 is 18.1 Å². The quantitative estimate of drug-likeness (QED) is 0.677. The lowest BCUT2D eigenvalue weighted by Gasteiger charge is -2.33. The minimum atomic E-state index is -2.94. The molecule has 3 aromatic rings. The SMILES string of the molecule is Cn1ccnc1[C@@H]1N(C(=O)c2ccc(OC(F)F)cc2)CC[C@]12C(=O)Nc1ccccc12. The second kappa shape index (κ2) is 7.44. The van der Waals surface area contributed by atoms with E-state index in [1.165, 1.54) is 24.3 Å². The Labute approximate surface area is 182 Å². The molecular weight excluding hydrogens is 418 g/mol. The molecule has 2 aromatic carbocycles. The fourth-order valence-electron chi connectivity index (χ4n) is 4.85. The molecule has 0 radical (unpaired) electrons. The van der Waals surface area contributed by atoms with Crippen LogP contribution in [0.3, 0.4) is 0 Å². The molecule has 1 fully saturated rings. The Kier molecular flexibility index (Phi) is 4.69. The summed E-state index contributed by atoms with van der Waals surface area (Å²) in [5.74, 6) is 0.0953. The van der Waals surface area contributed by atoms with Crippen molar-refractivity contribution in [3.05, 3.63) is 77.9 Å². The van der Waals surface area contributed by atoms with Crippen LogP contribution in [0.1, 0.15) is 34.2 Å². The zero-order valence-corrected chi connectivity index (χ0v) is 17.2. The van der Waals surface area contributed by atoms with Crippen LogP contribution in [0.4, 0.5) is 14.5 Å². The summed E-state index contributed by atoms with van der Waals surface area (Å²) < 4.78 is 31.1. The van der Waals surface area contributed by atoms with Crippen LogP contribution in [0.2, 0.25) is 0 Å². The Morgan fingerprint density at radius 1 is 1.22 bits per heavy atom. The minimum Gasteiger partial charge on any atom is -0.435 e. The van der Waals surface area contributed by atoms with E-state index in [0.717, 1.165) is 11.3 Å². The molecule has 0 saturated carbocycles. The number of alkyl halides is 2. The molecule has 1 spiro atoms. The molecule has 0 bridgehead atoms. The highest BCUT2D eigenvalue weighted by molar-refractivity contribution is 6.08. The number of aryl methyl sites for hydroxylation is 1. The predicted octanol–water partition coefficient (Wildman–Crippen LogP) is 3.50. The van der Waals surface area contributed by atoms with Crippen LogP contribution in [0.25, 0.3) is 0 Å². The third kappa shape index (κ3) is 2.96. The summed E-state index contributed by atoms with van der Waals surface area (Å²) in [7, 11) is 1.83. The van der Waals surface area contributed by atoms with Crippen LogP contribution in [0, 0.1) is 0 Å². The molecular formula is C23H20F2N4O3. The Morgan fingerprint density at radius 2 is 1.97 bits per heavy atom. The molecule has 2 atom stereocenters. The summed E-state index contributed by atoms with van der Waals surface area (Å²) in [5, 5.41) is 2.96. The van der Waals surface area contributed by atoms with Gasteiger partial charge in [-0.2, -0.15) is 8.78 Å². The summed E-state index contributed by atoms with van der Waals surface area (Å²) in [6.07, 6.45) is 3.85. The molecule has 1 saturated heterocycles. The van der Waals surface area contributed by atoms with Gasteiger partial charge in [-0.1, -0.05) is 18.2 Å². The maximum absolute atomic E-state index is 13.5. The van der Waals surface area contributed by atoms with Gasteiger partial charge in [0.1, 0.15) is 23.0 Å². The van der Waals surface area contributed by atoms with E-state index in [-0.39, 0.29) is 17.6 Å². The van der Waals surface area contributed by atoms with Gasteiger partial charge in [0.2, 0.25) is 5.91 Å². The van der Waals surface area contributed by atoms with Gasteiger partial charge < -0.3 is 19.5 Å². The van der Waals surface area contributed by atoms with Gasteiger partial charge in [0.15, 0.2) is 0 Å². The number of hydrogen-bond acceptors (Lipinski definition) is 4. The van der Waals surface area contributed by atoms with E-state index in [2.05, 4.69) is 15.0 Å². The fraction of sp³-hybridized carbons (Fsp3) is 0.261. The summed E-state index contributed by atoms with van der Waals surface area (Å²) in [4.78, 5) is 33.0. The number of aromatic nitrogens is 2. The molecule has 0 aliphatic carbocycles. The zero-order valence-electron chi connectivity index (χ0n) is 17.2. The van der Waals surface area contributed by atoms with Crippen LogP contribution in [0.15, 0.2) is 60.9 Å². The first-order valence-electron chi connectivity index (χ1n) is 10.2. The number of fused-ring (bicyclic) bond motifs is 2. The Bertz CT molecular complexity index is 1190. The molecule has 32 heavy (non-hydrogen) atoms. The maximum atomic E-state index is 13.5. The Balaban J connectivity index is 1.57. The number of halogens is 2. The molecule has 5 rings (SSSR count). The van der Waals surface area contributed by atoms with Gasteiger partial charge in [0, 0.05) is 37.2 Å². The first-order chi connectivity index (χ1) is 15.4. The number of rotatable bonds is 4. The zero-order chi connectivity index (χ0) is 22.5. The largest absolute Gasteiger partial charge is 0.435 e. The highest BCUT2D eigenvalue weighted by Crippen LogP contribution is 2.54. The van der Waals surface area contributed by atoms with Crippen molar-refractivity contribution in [2.24, 2.45) is 7.05 Å². The van der Waals surface area contributed by atoms with E-state index in [9.17, 15) is 18.4 Å².